The molecule has 0 spiro atoms. The average molecular weight is 373 g/mol. The molecule has 1 atom stereocenters. The second-order valence-electron chi connectivity index (χ2n) is 3.46. The van der Waals surface area contributed by atoms with Crippen LogP contribution in [-0.4, -0.2) is 49.6 Å². The van der Waals surface area contributed by atoms with Crippen LogP contribution in [0.5, 0.6) is 0 Å². The summed E-state index contributed by atoms with van der Waals surface area (Å²) >= 11 is 4.04. The first-order chi connectivity index (χ1) is 8.85. The number of ether oxygens (including phenoxy) is 1. The van der Waals surface area contributed by atoms with Gasteiger partial charge >= 0.3 is 0 Å². The molecule has 1 aromatic rings. The fourth-order valence-electron chi connectivity index (χ4n) is 1.02. The molecule has 0 aliphatic rings. The van der Waals surface area contributed by atoms with E-state index in [4.69, 9.17) is 4.74 Å². The first kappa shape index (κ1) is 16.4. The van der Waals surface area contributed by atoms with Crippen molar-refractivity contribution >= 4 is 48.3 Å². The van der Waals surface area contributed by atoms with Crippen LogP contribution in [0.1, 0.15) is 6.92 Å². The van der Waals surface area contributed by atoms with Crippen LogP contribution in [-0.2, 0) is 19.6 Å². The number of nitrogens with one attached hydrogen (secondary N) is 2. The lowest BCUT2D eigenvalue weighted by molar-refractivity contribution is -0.114. The molecule has 0 aliphatic carbocycles. The van der Waals surface area contributed by atoms with Crippen LogP contribution < -0.4 is 10.0 Å². The zero-order valence-corrected chi connectivity index (χ0v) is 13.4. The Morgan fingerprint density at radius 1 is 1.53 bits per heavy atom. The standard InChI is InChI=1S/C8H13BrN4O4S2/c1-5(14)11-7-12-13-8(18-7)19(15,16)10-3-6(9)4-17-2/h6,10H,3-4H2,1-2H3,(H,11,12,14). The quantitative estimate of drug-likeness (QED) is 0.521. The number of carbonyl (C=O) groups is 1. The highest BCUT2D eigenvalue weighted by atomic mass is 79.9. The summed E-state index contributed by atoms with van der Waals surface area (Å²) in [5, 5.41) is 9.59. The third kappa shape index (κ3) is 5.48. The molecule has 1 unspecified atom stereocenters. The lowest BCUT2D eigenvalue weighted by Gasteiger charge is -2.08. The Kier molecular flexibility index (Phi) is 6.26. The van der Waals surface area contributed by atoms with Gasteiger partial charge in [-0.25, -0.2) is 13.1 Å². The molecule has 0 saturated heterocycles. The van der Waals surface area contributed by atoms with Gasteiger partial charge in [-0.05, 0) is 0 Å². The predicted octanol–water partition coefficient (Wildman–Crippen LogP) is 0.185. The fourth-order valence-corrected chi connectivity index (χ4v) is 3.73. The van der Waals surface area contributed by atoms with Gasteiger partial charge in [-0.1, -0.05) is 27.3 Å². The summed E-state index contributed by atoms with van der Waals surface area (Å²) in [6.45, 7) is 1.83. The molecule has 1 rings (SSSR count). The van der Waals surface area contributed by atoms with Gasteiger partial charge in [-0.15, -0.1) is 10.2 Å². The Morgan fingerprint density at radius 2 is 2.21 bits per heavy atom. The van der Waals surface area contributed by atoms with Gasteiger partial charge in [0, 0.05) is 20.6 Å². The largest absolute Gasteiger partial charge is 0.383 e. The highest BCUT2D eigenvalue weighted by Gasteiger charge is 2.21. The number of alkyl halides is 1. The van der Waals surface area contributed by atoms with Crippen LogP contribution in [0.3, 0.4) is 0 Å². The van der Waals surface area contributed by atoms with Crippen molar-refractivity contribution in [1.82, 2.24) is 14.9 Å². The summed E-state index contributed by atoms with van der Waals surface area (Å²) < 4.78 is 30.8. The molecule has 8 nitrogen and oxygen atoms in total. The van der Waals surface area contributed by atoms with E-state index in [0.717, 1.165) is 11.3 Å². The van der Waals surface area contributed by atoms with Crippen LogP contribution >= 0.6 is 27.3 Å². The molecule has 0 aromatic carbocycles. The van der Waals surface area contributed by atoms with Gasteiger partial charge in [0.1, 0.15) is 0 Å². The normalized spacial score (nSPS) is 13.2. The molecule has 1 amide bonds. The number of hydrogen-bond donors (Lipinski definition) is 2. The number of anilines is 1. The van der Waals surface area contributed by atoms with E-state index >= 15 is 0 Å². The Hall–Kier alpha value is -0.620. The van der Waals surface area contributed by atoms with E-state index in [0.29, 0.717) is 6.61 Å². The van der Waals surface area contributed by atoms with Crippen LogP contribution in [0.25, 0.3) is 0 Å². The minimum absolute atomic E-state index is 0.139. The molecule has 0 aliphatic heterocycles. The number of halogens is 1. The number of nitrogens with zero attached hydrogens (tertiary/aromatic N) is 2. The molecule has 0 bridgehead atoms. The van der Waals surface area contributed by atoms with Crippen LogP contribution in [0.4, 0.5) is 5.13 Å². The van der Waals surface area contributed by atoms with Gasteiger partial charge < -0.3 is 10.1 Å². The molecule has 0 fully saturated rings. The first-order valence-electron chi connectivity index (χ1n) is 5.09. The average Bonchev–Trinajstić information content (AvgIpc) is 2.75. The maximum Gasteiger partial charge on any atom is 0.269 e. The Labute approximate surface area is 123 Å². The zero-order valence-electron chi connectivity index (χ0n) is 10.2. The van der Waals surface area contributed by atoms with Gasteiger partial charge in [0.15, 0.2) is 0 Å². The number of sulfonamides is 1. The summed E-state index contributed by atoms with van der Waals surface area (Å²) in [7, 11) is -2.21. The molecule has 0 saturated carbocycles. The molecule has 2 N–H and O–H groups in total. The van der Waals surface area contributed by atoms with Gasteiger partial charge in [0.05, 0.1) is 11.4 Å². The number of hydrogen-bond acceptors (Lipinski definition) is 7. The number of rotatable bonds is 7. The van der Waals surface area contributed by atoms with E-state index in [1.807, 2.05) is 0 Å². The summed E-state index contributed by atoms with van der Waals surface area (Å²) in [4.78, 5) is 10.7. The van der Waals surface area contributed by atoms with Crippen molar-refractivity contribution < 1.29 is 17.9 Å². The number of methoxy groups -OCH3 is 1. The highest BCUT2D eigenvalue weighted by molar-refractivity contribution is 9.09. The minimum atomic E-state index is -3.73. The minimum Gasteiger partial charge on any atom is -0.383 e. The smallest absolute Gasteiger partial charge is 0.269 e. The topological polar surface area (TPSA) is 110 Å². The first-order valence-corrected chi connectivity index (χ1v) is 8.30. The van der Waals surface area contributed by atoms with Crippen molar-refractivity contribution in [1.29, 1.82) is 0 Å². The van der Waals surface area contributed by atoms with Crippen molar-refractivity contribution in [2.45, 2.75) is 16.1 Å². The molecule has 1 aromatic heterocycles. The van der Waals surface area contributed by atoms with E-state index < -0.39 is 10.0 Å². The summed E-state index contributed by atoms with van der Waals surface area (Å²) in [6, 6.07) is 0. The lowest BCUT2D eigenvalue weighted by atomic mass is 10.5. The van der Waals surface area contributed by atoms with Crippen molar-refractivity contribution in [2.75, 3.05) is 25.6 Å². The SMILES string of the molecule is COCC(Br)CNS(=O)(=O)c1nnc(NC(C)=O)s1. The van der Waals surface area contributed by atoms with E-state index in [2.05, 4.69) is 36.2 Å². The predicted molar refractivity (Wildman–Crippen MR) is 74.0 cm³/mol. The summed E-state index contributed by atoms with van der Waals surface area (Å²) in [6.07, 6.45) is 0. The molecule has 1 heterocycles. The van der Waals surface area contributed by atoms with E-state index in [1.54, 1.807) is 0 Å². The summed E-state index contributed by atoms with van der Waals surface area (Å²) in [5.74, 6) is -0.339. The molecule has 108 valence electrons. The second kappa shape index (κ2) is 7.24. The van der Waals surface area contributed by atoms with Crippen LogP contribution in [0, 0.1) is 0 Å². The number of aromatic nitrogens is 2. The fraction of sp³-hybridized carbons (Fsp3) is 0.625. The third-order valence-corrected chi connectivity index (χ3v) is 4.98. The zero-order chi connectivity index (χ0) is 14.5. The van der Waals surface area contributed by atoms with Crippen molar-refractivity contribution in [3.63, 3.8) is 0 Å². The van der Waals surface area contributed by atoms with Crippen molar-refractivity contribution in [3.8, 4) is 0 Å². The highest BCUT2D eigenvalue weighted by Crippen LogP contribution is 2.19. The van der Waals surface area contributed by atoms with E-state index in [9.17, 15) is 13.2 Å². The molecule has 19 heavy (non-hydrogen) atoms. The monoisotopic (exact) mass is 372 g/mol. The maximum absolute atomic E-state index is 11.9. The van der Waals surface area contributed by atoms with Gasteiger partial charge in [0.2, 0.25) is 15.4 Å². The number of amides is 1. The molecular formula is C8H13BrN4O4S2. The van der Waals surface area contributed by atoms with E-state index in [-0.39, 0.29) is 26.8 Å². The van der Waals surface area contributed by atoms with Gasteiger partial charge in [-0.2, -0.15) is 0 Å². The van der Waals surface area contributed by atoms with Gasteiger partial charge in [0.25, 0.3) is 10.0 Å². The second-order valence-corrected chi connectivity index (χ2v) is 7.67. The Bertz CT molecular complexity index is 533. The molecular weight excluding hydrogens is 360 g/mol. The third-order valence-electron chi connectivity index (χ3n) is 1.76. The van der Waals surface area contributed by atoms with E-state index in [1.165, 1.54) is 14.0 Å². The van der Waals surface area contributed by atoms with Crippen LogP contribution in [0.15, 0.2) is 4.34 Å². The van der Waals surface area contributed by atoms with Crippen LogP contribution in [0.2, 0.25) is 0 Å². The maximum atomic E-state index is 11.9. The lowest BCUT2D eigenvalue weighted by Crippen LogP contribution is -2.31. The Morgan fingerprint density at radius 3 is 2.79 bits per heavy atom. The van der Waals surface area contributed by atoms with Gasteiger partial charge in [-0.3, -0.25) is 4.79 Å². The van der Waals surface area contributed by atoms with Crippen molar-refractivity contribution in [2.24, 2.45) is 0 Å². The molecule has 0 radical (unpaired) electrons. The summed E-state index contributed by atoms with van der Waals surface area (Å²) in [5.41, 5.74) is 0. The molecule has 11 heteroatoms. The number of carbonyl (C=O) groups excluding carboxylic acids is 1. The van der Waals surface area contributed by atoms with Crippen molar-refractivity contribution in [3.05, 3.63) is 0 Å². The Balaban J connectivity index is 2.66.